The molecular formula is C12H14O4. The molecule has 16 heavy (non-hydrogen) atoms. The molecule has 0 radical (unpaired) electrons. The Kier molecular flexibility index (Phi) is 4.92. The van der Waals surface area contributed by atoms with Crippen LogP contribution in [0.15, 0.2) is 42.2 Å². The number of hydrogen-bond donors (Lipinski definition) is 1. The number of carbonyl (C=O) groups excluding carboxylic acids is 1. The molecule has 0 amide bonds. The lowest BCUT2D eigenvalue weighted by atomic mass is 10.2. The molecule has 0 aromatic heterocycles. The molecule has 0 saturated carbocycles. The summed E-state index contributed by atoms with van der Waals surface area (Å²) >= 11 is 0. The molecule has 1 aromatic rings. The first kappa shape index (κ1) is 12.1. The van der Waals surface area contributed by atoms with Crippen molar-refractivity contribution in [3.8, 4) is 5.75 Å². The maximum absolute atomic E-state index is 11.4. The second kappa shape index (κ2) is 6.50. The number of aliphatic hydroxyl groups excluding tert-OH is 1. The summed E-state index contributed by atoms with van der Waals surface area (Å²) in [5, 5.41) is 8.81. The summed E-state index contributed by atoms with van der Waals surface area (Å²) in [5.41, 5.74) is 0.193. The molecule has 4 heteroatoms. The predicted molar refractivity (Wildman–Crippen MR) is 58.8 cm³/mol. The van der Waals surface area contributed by atoms with Crippen LogP contribution >= 0.6 is 0 Å². The maximum Gasteiger partial charge on any atom is 0.385 e. The van der Waals surface area contributed by atoms with Crippen molar-refractivity contribution in [3.05, 3.63) is 42.2 Å². The molecule has 0 saturated heterocycles. The van der Waals surface area contributed by atoms with Crippen LogP contribution in [0.2, 0.25) is 0 Å². The lowest BCUT2D eigenvalue weighted by Gasteiger charge is -2.05. The van der Waals surface area contributed by atoms with E-state index < -0.39 is 5.97 Å². The van der Waals surface area contributed by atoms with Gasteiger partial charge in [0, 0.05) is 0 Å². The second-order valence-corrected chi connectivity index (χ2v) is 3.17. The first-order valence-electron chi connectivity index (χ1n) is 5.05. The molecule has 0 bridgehead atoms. The minimum absolute atomic E-state index is 0.193. The predicted octanol–water partition coefficient (Wildman–Crippen LogP) is 2.77. The Morgan fingerprint density at radius 1 is 1.38 bits per heavy atom. The van der Waals surface area contributed by atoms with Gasteiger partial charge in [-0.2, -0.15) is 0 Å². The highest BCUT2D eigenvalue weighted by atomic mass is 17.2. The van der Waals surface area contributed by atoms with Gasteiger partial charge in [-0.3, -0.25) is 4.89 Å². The normalized spacial score (nSPS) is 10.9. The van der Waals surface area contributed by atoms with E-state index in [2.05, 4.69) is 4.89 Å². The number of benzene rings is 1. The van der Waals surface area contributed by atoms with Gasteiger partial charge in [0.1, 0.15) is 0 Å². The molecule has 1 aromatic carbocycles. The van der Waals surface area contributed by atoms with Crippen LogP contribution < -0.4 is 4.89 Å². The SMILES string of the molecule is CCCC(=CO)C(=O)OOc1ccccc1. The Hall–Kier alpha value is -1.97. The zero-order valence-electron chi connectivity index (χ0n) is 9.05. The van der Waals surface area contributed by atoms with Crippen molar-refractivity contribution in [3.63, 3.8) is 0 Å². The van der Waals surface area contributed by atoms with E-state index in [1.54, 1.807) is 24.3 Å². The molecule has 1 N–H and O–H groups in total. The van der Waals surface area contributed by atoms with Gasteiger partial charge in [-0.1, -0.05) is 31.5 Å². The van der Waals surface area contributed by atoms with Gasteiger partial charge in [0.05, 0.1) is 11.8 Å². The first-order valence-corrected chi connectivity index (χ1v) is 5.05. The van der Waals surface area contributed by atoms with E-state index >= 15 is 0 Å². The minimum atomic E-state index is -0.673. The van der Waals surface area contributed by atoms with E-state index in [0.717, 1.165) is 12.7 Å². The molecule has 4 nitrogen and oxygen atoms in total. The molecule has 0 heterocycles. The van der Waals surface area contributed by atoms with Gasteiger partial charge in [0.25, 0.3) is 0 Å². The Balaban J connectivity index is 2.46. The summed E-state index contributed by atoms with van der Waals surface area (Å²) in [6, 6.07) is 8.67. The van der Waals surface area contributed by atoms with Gasteiger partial charge in [-0.25, -0.2) is 9.68 Å². The molecule has 1 rings (SSSR count). The summed E-state index contributed by atoms with van der Waals surface area (Å²) in [5.74, 6) is -0.238. The quantitative estimate of drug-likeness (QED) is 0.360. The topological polar surface area (TPSA) is 55.8 Å². The highest BCUT2D eigenvalue weighted by molar-refractivity contribution is 5.87. The fourth-order valence-electron chi connectivity index (χ4n) is 1.10. The van der Waals surface area contributed by atoms with Gasteiger partial charge in [-0.05, 0) is 18.6 Å². The number of aliphatic hydroxyl groups is 1. The van der Waals surface area contributed by atoms with Crippen molar-refractivity contribution in [1.82, 2.24) is 0 Å². The first-order chi connectivity index (χ1) is 7.77. The van der Waals surface area contributed by atoms with Gasteiger partial charge in [-0.15, -0.1) is 0 Å². The molecule has 0 aliphatic heterocycles. The van der Waals surface area contributed by atoms with E-state index in [1.165, 1.54) is 0 Å². The second-order valence-electron chi connectivity index (χ2n) is 3.17. The third-order valence-electron chi connectivity index (χ3n) is 1.89. The van der Waals surface area contributed by atoms with E-state index in [4.69, 9.17) is 9.99 Å². The van der Waals surface area contributed by atoms with Gasteiger partial charge in [0.2, 0.25) is 0 Å². The van der Waals surface area contributed by atoms with Gasteiger partial charge in [0.15, 0.2) is 5.75 Å². The van der Waals surface area contributed by atoms with Crippen LogP contribution in [-0.4, -0.2) is 11.1 Å². The zero-order chi connectivity index (χ0) is 11.8. The van der Waals surface area contributed by atoms with Crippen LogP contribution in [0.4, 0.5) is 0 Å². The molecule has 86 valence electrons. The standard InChI is InChI=1S/C12H14O4/c1-2-6-10(9-13)12(14)16-15-11-7-4-3-5-8-11/h3-5,7-9,13H,2,6H2,1H3. The molecule has 0 spiro atoms. The van der Waals surface area contributed by atoms with Crippen molar-refractivity contribution < 1.29 is 19.7 Å². The average Bonchev–Trinajstić information content (AvgIpc) is 2.34. The summed E-state index contributed by atoms with van der Waals surface area (Å²) < 4.78 is 0. The van der Waals surface area contributed by atoms with Crippen molar-refractivity contribution in [1.29, 1.82) is 0 Å². The maximum atomic E-state index is 11.4. The third-order valence-corrected chi connectivity index (χ3v) is 1.89. The number of hydrogen-bond acceptors (Lipinski definition) is 4. The molecule has 0 aliphatic rings. The van der Waals surface area contributed by atoms with Crippen molar-refractivity contribution in [2.24, 2.45) is 0 Å². The summed E-state index contributed by atoms with van der Waals surface area (Å²) in [6.45, 7) is 1.90. The Labute approximate surface area is 94.0 Å². The smallest absolute Gasteiger partial charge is 0.385 e. The van der Waals surface area contributed by atoms with E-state index in [1.807, 2.05) is 13.0 Å². The molecule has 0 fully saturated rings. The Morgan fingerprint density at radius 2 is 2.06 bits per heavy atom. The monoisotopic (exact) mass is 222 g/mol. The van der Waals surface area contributed by atoms with Crippen LogP contribution in [0.5, 0.6) is 5.75 Å². The van der Waals surface area contributed by atoms with Crippen LogP contribution in [-0.2, 0) is 9.68 Å². The largest absolute Gasteiger partial charge is 0.515 e. The molecule has 0 unspecified atom stereocenters. The zero-order valence-corrected chi connectivity index (χ0v) is 9.05. The van der Waals surface area contributed by atoms with Crippen LogP contribution in [0.3, 0.4) is 0 Å². The van der Waals surface area contributed by atoms with Gasteiger partial charge < -0.3 is 5.11 Å². The summed E-state index contributed by atoms with van der Waals surface area (Å²) in [6.07, 6.45) is 1.94. The number of para-hydroxylation sites is 1. The molecule has 0 aliphatic carbocycles. The molecular weight excluding hydrogens is 208 g/mol. The fraction of sp³-hybridized carbons (Fsp3) is 0.250. The Morgan fingerprint density at radius 3 is 2.62 bits per heavy atom. The van der Waals surface area contributed by atoms with E-state index in [-0.39, 0.29) is 5.57 Å². The molecule has 0 atom stereocenters. The fourth-order valence-corrected chi connectivity index (χ4v) is 1.10. The van der Waals surface area contributed by atoms with Crippen LogP contribution in [0, 0.1) is 0 Å². The lowest BCUT2D eigenvalue weighted by Crippen LogP contribution is -2.10. The van der Waals surface area contributed by atoms with E-state index in [9.17, 15) is 4.79 Å². The van der Waals surface area contributed by atoms with Gasteiger partial charge >= 0.3 is 5.97 Å². The van der Waals surface area contributed by atoms with Crippen molar-refractivity contribution in [2.45, 2.75) is 19.8 Å². The third kappa shape index (κ3) is 3.65. The number of rotatable bonds is 5. The van der Waals surface area contributed by atoms with Crippen LogP contribution in [0.25, 0.3) is 0 Å². The highest BCUT2D eigenvalue weighted by Crippen LogP contribution is 2.11. The van der Waals surface area contributed by atoms with Crippen LogP contribution in [0.1, 0.15) is 19.8 Å². The van der Waals surface area contributed by atoms with E-state index in [0.29, 0.717) is 12.2 Å². The average molecular weight is 222 g/mol. The summed E-state index contributed by atoms with van der Waals surface area (Å²) in [4.78, 5) is 20.7. The highest BCUT2D eigenvalue weighted by Gasteiger charge is 2.12. The lowest BCUT2D eigenvalue weighted by molar-refractivity contribution is -0.209. The summed E-state index contributed by atoms with van der Waals surface area (Å²) in [7, 11) is 0. The van der Waals surface area contributed by atoms with Crippen molar-refractivity contribution in [2.75, 3.05) is 0 Å². The minimum Gasteiger partial charge on any atom is -0.515 e. The Bertz CT molecular complexity index is 357. The van der Waals surface area contributed by atoms with Crippen molar-refractivity contribution >= 4 is 5.97 Å². The number of carbonyl (C=O) groups is 1.